The molecule has 6 heteroatoms. The first kappa shape index (κ1) is 14.0. The molecular formula is C9H12ClF3N2. The maximum absolute atomic E-state index is 12.3. The molecule has 0 aliphatic heterocycles. The van der Waals surface area contributed by atoms with Crippen molar-refractivity contribution in [3.05, 3.63) is 22.3 Å². The Bertz CT molecular complexity index is 314. The third kappa shape index (κ3) is 3.58. The van der Waals surface area contributed by atoms with Crippen LogP contribution in [0.15, 0.2) is 6.07 Å². The fourth-order valence-corrected chi connectivity index (χ4v) is 1.35. The van der Waals surface area contributed by atoms with Gasteiger partial charge in [0, 0.05) is 0 Å². The molecule has 0 aromatic carbocycles. The summed E-state index contributed by atoms with van der Waals surface area (Å²) < 4.78 is 36.8. The molecule has 1 aromatic rings. The van der Waals surface area contributed by atoms with Crippen molar-refractivity contribution in [1.82, 2.24) is 4.98 Å². The van der Waals surface area contributed by atoms with Crippen molar-refractivity contribution < 1.29 is 13.2 Å². The monoisotopic (exact) mass is 240 g/mol. The molecule has 0 amide bonds. The van der Waals surface area contributed by atoms with Crippen LogP contribution in [0.25, 0.3) is 0 Å². The highest BCUT2D eigenvalue weighted by molar-refractivity contribution is 6.30. The normalized spacial score (nSPS) is 10.6. The fraction of sp³-hybridized carbons (Fsp3) is 0.444. The third-order valence-electron chi connectivity index (χ3n) is 1.48. The molecule has 1 heterocycles. The van der Waals surface area contributed by atoms with Gasteiger partial charge in [0.25, 0.3) is 0 Å². The van der Waals surface area contributed by atoms with Gasteiger partial charge in [-0.15, -0.1) is 0 Å². The largest absolute Gasteiger partial charge is 0.419 e. The lowest BCUT2D eigenvalue weighted by Crippen LogP contribution is -2.10. The number of halogens is 4. The van der Waals surface area contributed by atoms with Gasteiger partial charge in [-0.3, -0.25) is 0 Å². The molecule has 0 aliphatic rings. The van der Waals surface area contributed by atoms with Crippen LogP contribution < -0.4 is 5.73 Å². The van der Waals surface area contributed by atoms with Crippen molar-refractivity contribution in [2.45, 2.75) is 26.9 Å². The van der Waals surface area contributed by atoms with Crippen LogP contribution in [0.4, 0.5) is 19.0 Å². The molecule has 0 bridgehead atoms. The minimum absolute atomic E-state index is 0.0181. The molecule has 0 unspecified atom stereocenters. The molecule has 0 aliphatic carbocycles. The predicted molar refractivity (Wildman–Crippen MR) is 54.7 cm³/mol. The molecule has 0 spiro atoms. The summed E-state index contributed by atoms with van der Waals surface area (Å²) in [7, 11) is 0. The van der Waals surface area contributed by atoms with Gasteiger partial charge in [0.05, 0.1) is 5.56 Å². The van der Waals surface area contributed by atoms with Crippen LogP contribution in [-0.2, 0) is 6.18 Å². The number of rotatable bonds is 0. The van der Waals surface area contributed by atoms with Gasteiger partial charge in [0.1, 0.15) is 11.0 Å². The number of hydrogen-bond donors (Lipinski definition) is 1. The van der Waals surface area contributed by atoms with Gasteiger partial charge in [0.15, 0.2) is 0 Å². The van der Waals surface area contributed by atoms with Gasteiger partial charge in [-0.1, -0.05) is 25.4 Å². The number of nitrogen functional groups attached to an aromatic ring is 1. The Morgan fingerprint density at radius 2 is 1.80 bits per heavy atom. The summed E-state index contributed by atoms with van der Waals surface area (Å²) in [5.74, 6) is -0.0181. The van der Waals surface area contributed by atoms with Crippen molar-refractivity contribution in [2.24, 2.45) is 0 Å². The summed E-state index contributed by atoms with van der Waals surface area (Å²) in [6, 6.07) is 1.13. The van der Waals surface area contributed by atoms with Gasteiger partial charge in [-0.25, -0.2) is 4.98 Å². The quantitative estimate of drug-likeness (QED) is 0.703. The van der Waals surface area contributed by atoms with Gasteiger partial charge < -0.3 is 5.73 Å². The molecule has 2 N–H and O–H groups in total. The van der Waals surface area contributed by atoms with Crippen LogP contribution in [-0.4, -0.2) is 4.98 Å². The molecule has 86 valence electrons. The first-order valence-corrected chi connectivity index (χ1v) is 4.70. The number of nitrogens with two attached hydrogens (primary N) is 1. The van der Waals surface area contributed by atoms with Crippen LogP contribution >= 0.6 is 11.6 Å². The van der Waals surface area contributed by atoms with Gasteiger partial charge in [0.2, 0.25) is 0 Å². The zero-order valence-electron chi connectivity index (χ0n) is 8.61. The predicted octanol–water partition coefficient (Wildman–Crippen LogP) is 3.67. The maximum atomic E-state index is 12.3. The number of nitrogens with zero attached hydrogens (tertiary/aromatic N) is 1. The second-order valence-corrected chi connectivity index (χ2v) is 2.89. The second kappa shape index (κ2) is 5.21. The Kier molecular flexibility index (Phi) is 4.87. The zero-order valence-corrected chi connectivity index (χ0v) is 9.37. The molecule has 0 atom stereocenters. The smallest absolute Gasteiger partial charge is 0.384 e. The van der Waals surface area contributed by atoms with Crippen LogP contribution in [0.1, 0.15) is 25.0 Å². The minimum Gasteiger partial charge on any atom is -0.384 e. The van der Waals surface area contributed by atoms with Crippen molar-refractivity contribution >= 4 is 17.4 Å². The van der Waals surface area contributed by atoms with E-state index in [0.717, 1.165) is 6.07 Å². The second-order valence-electron chi connectivity index (χ2n) is 2.53. The Morgan fingerprint density at radius 3 is 2.13 bits per heavy atom. The highest BCUT2D eigenvalue weighted by atomic mass is 35.5. The van der Waals surface area contributed by atoms with Crippen molar-refractivity contribution in [3.63, 3.8) is 0 Å². The number of anilines is 1. The number of pyridine rings is 1. The van der Waals surface area contributed by atoms with E-state index in [-0.39, 0.29) is 11.4 Å². The van der Waals surface area contributed by atoms with E-state index in [0.29, 0.717) is 0 Å². The van der Waals surface area contributed by atoms with Gasteiger partial charge in [-0.2, -0.15) is 13.2 Å². The van der Waals surface area contributed by atoms with E-state index in [4.69, 9.17) is 17.3 Å². The summed E-state index contributed by atoms with van der Waals surface area (Å²) in [6.45, 7) is 5.28. The summed E-state index contributed by atoms with van der Waals surface area (Å²) in [5, 5.41) is -0.606. The van der Waals surface area contributed by atoms with Crippen LogP contribution in [0, 0.1) is 6.92 Å². The summed E-state index contributed by atoms with van der Waals surface area (Å²) >= 11 is 5.31. The molecular weight excluding hydrogens is 229 g/mol. The Morgan fingerprint density at radius 1 is 1.33 bits per heavy atom. The van der Waals surface area contributed by atoms with E-state index in [1.54, 1.807) is 0 Å². The maximum Gasteiger partial charge on any atom is 0.419 e. The minimum atomic E-state index is -4.48. The highest BCUT2D eigenvalue weighted by Crippen LogP contribution is 2.36. The van der Waals surface area contributed by atoms with E-state index in [1.165, 1.54) is 6.92 Å². The molecule has 0 saturated heterocycles. The number of alkyl halides is 3. The van der Waals surface area contributed by atoms with E-state index >= 15 is 0 Å². The lowest BCUT2D eigenvalue weighted by Gasteiger charge is -2.11. The average Bonchev–Trinajstić information content (AvgIpc) is 2.02. The molecule has 0 saturated carbocycles. The average molecular weight is 241 g/mol. The van der Waals surface area contributed by atoms with Crippen LogP contribution in [0.5, 0.6) is 0 Å². The van der Waals surface area contributed by atoms with E-state index in [9.17, 15) is 13.2 Å². The van der Waals surface area contributed by atoms with Crippen LogP contribution in [0.2, 0.25) is 5.15 Å². The molecule has 1 aromatic heterocycles. The summed E-state index contributed by atoms with van der Waals surface area (Å²) in [4.78, 5) is 3.32. The molecule has 0 radical (unpaired) electrons. The number of hydrogen-bond acceptors (Lipinski definition) is 2. The van der Waals surface area contributed by atoms with Gasteiger partial charge >= 0.3 is 6.18 Å². The Labute approximate surface area is 91.3 Å². The summed E-state index contributed by atoms with van der Waals surface area (Å²) in [5.41, 5.74) is 4.26. The SMILES string of the molecule is CC.Cc1cc(N)nc(Cl)c1C(F)(F)F. The van der Waals surface area contributed by atoms with E-state index < -0.39 is 16.9 Å². The Hall–Kier alpha value is -0.970. The zero-order chi connectivity index (χ0) is 12.2. The standard InChI is InChI=1S/C7H6ClF3N2.C2H6/c1-3-2-4(12)13-6(8)5(3)7(9,10)11;1-2/h2H,1H3,(H2,12,13);1-2H3. The fourth-order valence-electron chi connectivity index (χ4n) is 0.999. The first-order valence-electron chi connectivity index (χ1n) is 4.32. The summed E-state index contributed by atoms with van der Waals surface area (Å²) in [6.07, 6.45) is -4.48. The molecule has 1 rings (SSSR count). The molecule has 0 fully saturated rings. The topological polar surface area (TPSA) is 38.9 Å². The first-order chi connectivity index (χ1) is 6.82. The van der Waals surface area contributed by atoms with E-state index in [2.05, 4.69) is 4.98 Å². The van der Waals surface area contributed by atoms with Crippen LogP contribution in [0.3, 0.4) is 0 Å². The third-order valence-corrected chi connectivity index (χ3v) is 1.75. The highest BCUT2D eigenvalue weighted by Gasteiger charge is 2.35. The number of aromatic nitrogens is 1. The van der Waals surface area contributed by atoms with Crippen molar-refractivity contribution in [3.8, 4) is 0 Å². The van der Waals surface area contributed by atoms with Crippen molar-refractivity contribution in [2.75, 3.05) is 5.73 Å². The molecule has 2 nitrogen and oxygen atoms in total. The van der Waals surface area contributed by atoms with Crippen molar-refractivity contribution in [1.29, 1.82) is 0 Å². The lowest BCUT2D eigenvalue weighted by atomic mass is 10.1. The molecule has 15 heavy (non-hydrogen) atoms. The van der Waals surface area contributed by atoms with E-state index in [1.807, 2.05) is 13.8 Å². The Balaban J connectivity index is 0.000000921. The lowest BCUT2D eigenvalue weighted by molar-refractivity contribution is -0.138. The number of aryl methyl sites for hydroxylation is 1. The van der Waals surface area contributed by atoms with Gasteiger partial charge in [-0.05, 0) is 18.6 Å².